The normalized spacial score (nSPS) is 11.9. The van der Waals surface area contributed by atoms with Gasteiger partial charge in [0.1, 0.15) is 5.01 Å². The Kier molecular flexibility index (Phi) is 4.34. The molecule has 0 fully saturated rings. The van der Waals surface area contributed by atoms with Crippen LogP contribution >= 0.6 is 11.3 Å². The van der Waals surface area contributed by atoms with Crippen LogP contribution in [0.3, 0.4) is 0 Å². The summed E-state index contributed by atoms with van der Waals surface area (Å²) in [6.45, 7) is 2.30. The molecule has 1 heterocycles. The molecule has 0 unspecified atom stereocenters. The second kappa shape index (κ2) is 5.81. The Morgan fingerprint density at radius 3 is 2.53 bits per heavy atom. The minimum Gasteiger partial charge on any atom is -0.248 e. The van der Waals surface area contributed by atoms with Crippen LogP contribution < -0.4 is 0 Å². The van der Waals surface area contributed by atoms with E-state index >= 15 is 0 Å². The number of benzene rings is 1. The Morgan fingerprint density at radius 2 is 1.95 bits per heavy atom. The summed E-state index contributed by atoms with van der Waals surface area (Å²) in [6, 6.07) is 7.55. The topological polar surface area (TPSA) is 50.3 Å². The van der Waals surface area contributed by atoms with Gasteiger partial charge in [0, 0.05) is 18.6 Å². The van der Waals surface area contributed by atoms with E-state index in [1.54, 1.807) is 13.2 Å². The third-order valence-corrected chi connectivity index (χ3v) is 5.33. The minimum absolute atomic E-state index is 0.0230. The maximum Gasteiger partial charge on any atom is 0.218 e. The zero-order chi connectivity index (χ0) is 13.9. The molecule has 0 aliphatic heterocycles. The average molecular weight is 296 g/mol. The van der Waals surface area contributed by atoms with Gasteiger partial charge in [-0.25, -0.2) is 13.4 Å². The fraction of sp³-hybridized carbons (Fsp3) is 0.308. The number of aryl methyl sites for hydroxylation is 1. The van der Waals surface area contributed by atoms with Crippen molar-refractivity contribution in [1.82, 2.24) is 9.29 Å². The number of nitrogens with zero attached hydrogens (tertiary/aromatic N) is 2. The Hall–Kier alpha value is -1.24. The summed E-state index contributed by atoms with van der Waals surface area (Å²) in [5, 5.41) is 2.64. The molecule has 19 heavy (non-hydrogen) atoms. The molecule has 0 radical (unpaired) electrons. The zero-order valence-corrected chi connectivity index (χ0v) is 12.5. The summed E-state index contributed by atoms with van der Waals surface area (Å²) in [7, 11) is -1.71. The number of sulfonamides is 1. The van der Waals surface area contributed by atoms with Gasteiger partial charge in [0.2, 0.25) is 10.0 Å². The number of hydrogen-bond donors (Lipinski definition) is 0. The van der Waals surface area contributed by atoms with Gasteiger partial charge in [-0.3, -0.25) is 0 Å². The summed E-state index contributed by atoms with van der Waals surface area (Å²) in [6.07, 6.45) is 1.68. The number of aromatic nitrogens is 1. The summed E-state index contributed by atoms with van der Waals surface area (Å²) in [5.41, 5.74) is 1.92. The van der Waals surface area contributed by atoms with Crippen molar-refractivity contribution in [3.8, 4) is 0 Å². The fourth-order valence-electron chi connectivity index (χ4n) is 1.62. The fourth-order valence-corrected chi connectivity index (χ4v) is 3.53. The molecule has 0 N–H and O–H groups in total. The lowest BCUT2D eigenvalue weighted by atomic mass is 10.2. The summed E-state index contributed by atoms with van der Waals surface area (Å²) in [5.74, 6) is 0.0230. The van der Waals surface area contributed by atoms with Crippen LogP contribution in [0.25, 0.3) is 0 Å². The van der Waals surface area contributed by atoms with E-state index in [-0.39, 0.29) is 5.75 Å². The number of hydrogen-bond acceptors (Lipinski definition) is 4. The number of thiazole rings is 1. The van der Waals surface area contributed by atoms with E-state index < -0.39 is 10.0 Å². The Bertz CT molecular complexity index is 619. The molecule has 0 aliphatic carbocycles. The van der Waals surface area contributed by atoms with Crippen molar-refractivity contribution in [3.63, 3.8) is 0 Å². The standard InChI is InChI=1S/C13H16N2O2S2/c1-11-3-5-12(6-4-11)10-19(16,17)15(2)9-13-14-7-8-18-13/h3-8H,9-10H2,1-2H3. The van der Waals surface area contributed by atoms with Crippen molar-refractivity contribution in [2.75, 3.05) is 7.05 Å². The van der Waals surface area contributed by atoms with Crippen molar-refractivity contribution < 1.29 is 8.42 Å². The van der Waals surface area contributed by atoms with Gasteiger partial charge >= 0.3 is 0 Å². The van der Waals surface area contributed by atoms with Gasteiger partial charge in [-0.15, -0.1) is 11.3 Å². The van der Waals surface area contributed by atoms with Crippen LogP contribution in [0.1, 0.15) is 16.1 Å². The summed E-state index contributed by atoms with van der Waals surface area (Å²) >= 11 is 1.46. The van der Waals surface area contributed by atoms with Crippen molar-refractivity contribution in [2.24, 2.45) is 0 Å². The summed E-state index contributed by atoms with van der Waals surface area (Å²) < 4.78 is 25.8. The molecular weight excluding hydrogens is 280 g/mol. The van der Waals surface area contributed by atoms with Gasteiger partial charge in [-0.2, -0.15) is 4.31 Å². The summed E-state index contributed by atoms with van der Waals surface area (Å²) in [4.78, 5) is 4.10. The Morgan fingerprint density at radius 1 is 1.26 bits per heavy atom. The molecule has 4 nitrogen and oxygen atoms in total. The monoisotopic (exact) mass is 296 g/mol. The molecule has 0 spiro atoms. The van der Waals surface area contributed by atoms with Crippen LogP contribution in [0.2, 0.25) is 0 Å². The van der Waals surface area contributed by atoms with Crippen molar-refractivity contribution in [2.45, 2.75) is 19.2 Å². The van der Waals surface area contributed by atoms with E-state index in [0.717, 1.165) is 16.1 Å². The molecule has 1 aromatic carbocycles. The van der Waals surface area contributed by atoms with Gasteiger partial charge in [-0.1, -0.05) is 29.8 Å². The van der Waals surface area contributed by atoms with E-state index in [9.17, 15) is 8.42 Å². The number of rotatable bonds is 5. The van der Waals surface area contributed by atoms with E-state index in [4.69, 9.17) is 0 Å². The van der Waals surface area contributed by atoms with Gasteiger partial charge in [0.15, 0.2) is 0 Å². The van der Waals surface area contributed by atoms with Crippen LogP contribution in [0.4, 0.5) is 0 Å². The molecule has 2 aromatic rings. The van der Waals surface area contributed by atoms with E-state index in [0.29, 0.717) is 6.54 Å². The molecule has 0 aliphatic rings. The Balaban J connectivity index is 2.07. The minimum atomic E-state index is -3.30. The highest BCUT2D eigenvalue weighted by Gasteiger charge is 2.19. The third-order valence-electron chi connectivity index (χ3n) is 2.79. The molecular formula is C13H16N2O2S2. The lowest BCUT2D eigenvalue weighted by Gasteiger charge is -2.15. The zero-order valence-electron chi connectivity index (χ0n) is 10.9. The molecule has 0 saturated heterocycles. The van der Waals surface area contributed by atoms with Gasteiger partial charge in [0.05, 0.1) is 12.3 Å². The van der Waals surface area contributed by atoms with Crippen molar-refractivity contribution in [3.05, 3.63) is 52.0 Å². The highest BCUT2D eigenvalue weighted by molar-refractivity contribution is 7.88. The lowest BCUT2D eigenvalue weighted by molar-refractivity contribution is 0.465. The van der Waals surface area contributed by atoms with E-state index in [1.165, 1.54) is 15.6 Å². The van der Waals surface area contributed by atoms with Crippen LogP contribution in [0.15, 0.2) is 35.8 Å². The third kappa shape index (κ3) is 3.86. The average Bonchev–Trinajstić information content (AvgIpc) is 2.84. The van der Waals surface area contributed by atoms with E-state index in [2.05, 4.69) is 4.98 Å². The molecule has 0 atom stereocenters. The largest absolute Gasteiger partial charge is 0.248 e. The second-order valence-electron chi connectivity index (χ2n) is 4.42. The SMILES string of the molecule is Cc1ccc(CS(=O)(=O)N(C)Cc2nccs2)cc1. The van der Waals surface area contributed by atoms with Gasteiger partial charge in [-0.05, 0) is 12.5 Å². The lowest BCUT2D eigenvalue weighted by Crippen LogP contribution is -2.27. The molecule has 0 bridgehead atoms. The highest BCUT2D eigenvalue weighted by Crippen LogP contribution is 2.14. The van der Waals surface area contributed by atoms with Crippen molar-refractivity contribution >= 4 is 21.4 Å². The first-order valence-electron chi connectivity index (χ1n) is 5.85. The maximum atomic E-state index is 12.2. The van der Waals surface area contributed by atoms with Gasteiger partial charge in [0.25, 0.3) is 0 Å². The smallest absolute Gasteiger partial charge is 0.218 e. The van der Waals surface area contributed by atoms with Crippen molar-refractivity contribution in [1.29, 1.82) is 0 Å². The molecule has 2 rings (SSSR count). The van der Waals surface area contributed by atoms with Crippen LogP contribution in [0.5, 0.6) is 0 Å². The molecule has 102 valence electrons. The van der Waals surface area contributed by atoms with Crippen LogP contribution in [0, 0.1) is 6.92 Å². The van der Waals surface area contributed by atoms with Crippen LogP contribution in [-0.2, 0) is 22.3 Å². The maximum absolute atomic E-state index is 12.2. The van der Waals surface area contributed by atoms with E-state index in [1.807, 2.05) is 36.6 Å². The first kappa shape index (κ1) is 14.2. The first-order valence-corrected chi connectivity index (χ1v) is 8.34. The molecule has 0 amide bonds. The first-order chi connectivity index (χ1) is 8.97. The highest BCUT2D eigenvalue weighted by atomic mass is 32.2. The predicted octanol–water partition coefficient (Wildman–Crippen LogP) is 2.41. The quantitative estimate of drug-likeness (QED) is 0.851. The van der Waals surface area contributed by atoms with Crippen LogP contribution in [-0.4, -0.2) is 24.8 Å². The predicted molar refractivity (Wildman–Crippen MR) is 77.4 cm³/mol. The molecule has 1 aromatic heterocycles. The molecule has 6 heteroatoms. The Labute approximate surface area is 117 Å². The second-order valence-corrected chi connectivity index (χ2v) is 7.48. The van der Waals surface area contributed by atoms with Gasteiger partial charge < -0.3 is 0 Å². The molecule has 0 saturated carbocycles.